The molecule has 38 heavy (non-hydrogen) atoms. The first-order chi connectivity index (χ1) is 18.5. The van der Waals surface area contributed by atoms with Crippen LogP contribution in [0, 0.1) is 5.92 Å². The SMILES string of the molecule is COc1ccc(C(=O)N2C[C@@H](C(=O)NCc3ccc4c(c3)OCO4)[C@H](c3ccc(OC)cc3OC)C2)cc1. The second-order valence-corrected chi connectivity index (χ2v) is 9.16. The monoisotopic (exact) mass is 518 g/mol. The minimum absolute atomic E-state index is 0.142. The van der Waals surface area contributed by atoms with Crippen molar-refractivity contribution in [1.82, 2.24) is 10.2 Å². The number of benzene rings is 3. The maximum Gasteiger partial charge on any atom is 0.253 e. The van der Waals surface area contributed by atoms with Gasteiger partial charge in [-0.2, -0.15) is 0 Å². The Morgan fingerprint density at radius 2 is 1.61 bits per heavy atom. The summed E-state index contributed by atoms with van der Waals surface area (Å²) >= 11 is 0. The van der Waals surface area contributed by atoms with Crippen LogP contribution in [-0.4, -0.2) is 57.9 Å². The number of amides is 2. The Morgan fingerprint density at radius 3 is 2.34 bits per heavy atom. The van der Waals surface area contributed by atoms with E-state index in [1.807, 2.05) is 30.3 Å². The molecule has 2 aliphatic rings. The molecule has 0 aliphatic carbocycles. The number of ether oxygens (including phenoxy) is 5. The van der Waals surface area contributed by atoms with Crippen LogP contribution in [0.25, 0.3) is 0 Å². The lowest BCUT2D eigenvalue weighted by Crippen LogP contribution is -2.35. The van der Waals surface area contributed by atoms with E-state index in [1.54, 1.807) is 56.6 Å². The van der Waals surface area contributed by atoms with Crippen LogP contribution >= 0.6 is 0 Å². The quantitative estimate of drug-likeness (QED) is 0.487. The highest BCUT2D eigenvalue weighted by Crippen LogP contribution is 2.40. The zero-order valence-electron chi connectivity index (χ0n) is 21.6. The van der Waals surface area contributed by atoms with Crippen LogP contribution < -0.4 is 29.0 Å². The topological polar surface area (TPSA) is 95.6 Å². The van der Waals surface area contributed by atoms with Gasteiger partial charge in [-0.3, -0.25) is 9.59 Å². The minimum Gasteiger partial charge on any atom is -0.497 e. The lowest BCUT2D eigenvalue weighted by molar-refractivity contribution is -0.125. The fraction of sp³-hybridized carbons (Fsp3) is 0.310. The van der Waals surface area contributed by atoms with E-state index >= 15 is 0 Å². The number of likely N-dealkylation sites (tertiary alicyclic amines) is 1. The van der Waals surface area contributed by atoms with Crippen LogP contribution in [-0.2, 0) is 11.3 Å². The molecule has 9 heteroatoms. The molecule has 2 amide bonds. The molecule has 9 nitrogen and oxygen atoms in total. The third-order valence-corrected chi connectivity index (χ3v) is 7.02. The Kier molecular flexibility index (Phi) is 7.26. The summed E-state index contributed by atoms with van der Waals surface area (Å²) in [5.41, 5.74) is 2.28. The van der Waals surface area contributed by atoms with Crippen molar-refractivity contribution in [1.29, 1.82) is 0 Å². The summed E-state index contributed by atoms with van der Waals surface area (Å²) in [4.78, 5) is 28.7. The smallest absolute Gasteiger partial charge is 0.253 e. The van der Waals surface area contributed by atoms with Crippen LogP contribution in [0.5, 0.6) is 28.7 Å². The average molecular weight is 519 g/mol. The molecule has 1 saturated heterocycles. The summed E-state index contributed by atoms with van der Waals surface area (Å²) in [5.74, 6) is 2.25. The second kappa shape index (κ2) is 10.9. The van der Waals surface area contributed by atoms with Crippen molar-refractivity contribution in [2.75, 3.05) is 41.2 Å². The molecule has 1 N–H and O–H groups in total. The molecule has 3 aromatic carbocycles. The van der Waals surface area contributed by atoms with Gasteiger partial charge in [0.2, 0.25) is 12.7 Å². The molecule has 0 spiro atoms. The van der Waals surface area contributed by atoms with Crippen LogP contribution in [0.1, 0.15) is 27.4 Å². The largest absolute Gasteiger partial charge is 0.497 e. The number of fused-ring (bicyclic) bond motifs is 1. The van der Waals surface area contributed by atoms with Gasteiger partial charge in [-0.15, -0.1) is 0 Å². The first-order valence-electron chi connectivity index (χ1n) is 12.3. The van der Waals surface area contributed by atoms with E-state index in [2.05, 4.69) is 5.32 Å². The normalized spacial score (nSPS) is 17.7. The molecule has 0 saturated carbocycles. The molecular formula is C29H30N2O7. The molecule has 2 heterocycles. The Bertz CT molecular complexity index is 1330. The van der Waals surface area contributed by atoms with Crippen molar-refractivity contribution in [2.45, 2.75) is 12.5 Å². The highest BCUT2D eigenvalue weighted by Gasteiger charge is 2.41. The highest BCUT2D eigenvalue weighted by molar-refractivity contribution is 5.95. The fourth-order valence-electron chi connectivity index (χ4n) is 4.96. The Morgan fingerprint density at radius 1 is 0.868 bits per heavy atom. The van der Waals surface area contributed by atoms with E-state index in [1.165, 1.54) is 0 Å². The summed E-state index contributed by atoms with van der Waals surface area (Å²) in [6.07, 6.45) is 0. The predicted octanol–water partition coefficient (Wildman–Crippen LogP) is 3.61. The van der Waals surface area contributed by atoms with E-state index in [-0.39, 0.29) is 31.1 Å². The number of rotatable bonds is 8. The van der Waals surface area contributed by atoms with Crippen molar-refractivity contribution in [2.24, 2.45) is 5.92 Å². The molecule has 2 aliphatic heterocycles. The van der Waals surface area contributed by atoms with Gasteiger partial charge in [0.15, 0.2) is 11.5 Å². The van der Waals surface area contributed by atoms with E-state index in [4.69, 9.17) is 23.7 Å². The molecule has 198 valence electrons. The van der Waals surface area contributed by atoms with Crippen LogP contribution in [0.2, 0.25) is 0 Å². The van der Waals surface area contributed by atoms with E-state index < -0.39 is 5.92 Å². The van der Waals surface area contributed by atoms with E-state index in [0.717, 1.165) is 11.1 Å². The van der Waals surface area contributed by atoms with Crippen molar-refractivity contribution in [3.8, 4) is 28.7 Å². The molecule has 0 unspecified atom stereocenters. The fourth-order valence-corrected chi connectivity index (χ4v) is 4.96. The predicted molar refractivity (Wildman–Crippen MR) is 139 cm³/mol. The van der Waals surface area contributed by atoms with Gasteiger partial charge in [0.1, 0.15) is 17.2 Å². The molecule has 3 aromatic rings. The van der Waals surface area contributed by atoms with Crippen molar-refractivity contribution in [3.63, 3.8) is 0 Å². The van der Waals surface area contributed by atoms with Gasteiger partial charge in [0, 0.05) is 42.7 Å². The van der Waals surface area contributed by atoms with Gasteiger partial charge < -0.3 is 33.9 Å². The van der Waals surface area contributed by atoms with E-state index in [0.29, 0.717) is 47.4 Å². The maximum atomic E-state index is 13.6. The number of nitrogens with one attached hydrogen (secondary N) is 1. The van der Waals surface area contributed by atoms with Gasteiger partial charge in [0.25, 0.3) is 5.91 Å². The summed E-state index contributed by atoms with van der Waals surface area (Å²) in [5, 5.41) is 3.05. The third-order valence-electron chi connectivity index (χ3n) is 7.02. The first kappa shape index (κ1) is 25.3. The summed E-state index contributed by atoms with van der Waals surface area (Å²) < 4.78 is 27.0. The summed E-state index contributed by atoms with van der Waals surface area (Å²) in [6, 6.07) is 18.1. The maximum absolute atomic E-state index is 13.6. The van der Waals surface area contributed by atoms with Gasteiger partial charge >= 0.3 is 0 Å². The molecule has 0 aromatic heterocycles. The zero-order chi connectivity index (χ0) is 26.6. The van der Waals surface area contributed by atoms with E-state index in [9.17, 15) is 9.59 Å². The van der Waals surface area contributed by atoms with Crippen LogP contribution in [0.3, 0.4) is 0 Å². The lowest BCUT2D eigenvalue weighted by atomic mass is 9.87. The number of carbonyl (C=O) groups excluding carboxylic acids is 2. The zero-order valence-corrected chi connectivity index (χ0v) is 21.6. The van der Waals surface area contributed by atoms with Crippen molar-refractivity contribution < 1.29 is 33.3 Å². The molecule has 2 atom stereocenters. The Balaban J connectivity index is 1.38. The Hall–Kier alpha value is -4.40. The lowest BCUT2D eigenvalue weighted by Gasteiger charge is -2.21. The van der Waals surface area contributed by atoms with Gasteiger partial charge in [-0.25, -0.2) is 0 Å². The number of nitrogens with zero attached hydrogens (tertiary/aromatic N) is 1. The first-order valence-corrected chi connectivity index (χ1v) is 12.3. The molecule has 0 bridgehead atoms. The highest BCUT2D eigenvalue weighted by atomic mass is 16.7. The minimum atomic E-state index is -0.478. The summed E-state index contributed by atoms with van der Waals surface area (Å²) in [6.45, 7) is 1.16. The van der Waals surface area contributed by atoms with Gasteiger partial charge in [0.05, 0.1) is 27.2 Å². The second-order valence-electron chi connectivity index (χ2n) is 9.16. The van der Waals surface area contributed by atoms with Crippen molar-refractivity contribution in [3.05, 3.63) is 77.4 Å². The molecular weight excluding hydrogens is 488 g/mol. The number of methoxy groups -OCH3 is 3. The summed E-state index contributed by atoms with van der Waals surface area (Å²) in [7, 11) is 4.75. The molecule has 5 rings (SSSR count). The number of carbonyl (C=O) groups is 2. The average Bonchev–Trinajstić information content (AvgIpc) is 3.62. The number of hydrogen-bond donors (Lipinski definition) is 1. The van der Waals surface area contributed by atoms with Crippen LogP contribution in [0.15, 0.2) is 60.7 Å². The third kappa shape index (κ3) is 5.04. The molecule has 0 radical (unpaired) electrons. The van der Waals surface area contributed by atoms with Crippen molar-refractivity contribution >= 4 is 11.8 Å². The van der Waals surface area contributed by atoms with Crippen LogP contribution in [0.4, 0.5) is 0 Å². The molecule has 1 fully saturated rings. The van der Waals surface area contributed by atoms with Gasteiger partial charge in [-0.05, 0) is 48.0 Å². The standard InChI is InChI=1S/C29H30N2O7/c1-34-20-7-5-19(6-8-20)29(33)31-15-23(22-10-9-21(35-2)13-26(22)36-3)24(16-31)28(32)30-14-18-4-11-25-27(12-18)38-17-37-25/h4-13,23-24H,14-17H2,1-3H3,(H,30,32)/t23-,24+/m0/s1. The van der Waals surface area contributed by atoms with Gasteiger partial charge in [-0.1, -0.05) is 12.1 Å². The number of hydrogen-bond acceptors (Lipinski definition) is 7. The Labute approximate surface area is 221 Å².